The van der Waals surface area contributed by atoms with Crippen molar-refractivity contribution in [2.75, 3.05) is 7.05 Å². The van der Waals surface area contributed by atoms with Gasteiger partial charge in [0.15, 0.2) is 0 Å². The summed E-state index contributed by atoms with van der Waals surface area (Å²) in [6, 6.07) is 6.56. The van der Waals surface area contributed by atoms with Gasteiger partial charge < -0.3 is 5.32 Å². The van der Waals surface area contributed by atoms with Crippen LogP contribution < -0.4 is 5.32 Å². The molecule has 0 amide bonds. The molecule has 2 N–H and O–H groups in total. The predicted molar refractivity (Wildman–Crippen MR) is 58.5 cm³/mol. The van der Waals surface area contributed by atoms with Crippen molar-refractivity contribution >= 4 is 10.1 Å². The van der Waals surface area contributed by atoms with Crippen LogP contribution in [-0.4, -0.2) is 26.1 Å². The lowest BCUT2D eigenvalue weighted by Crippen LogP contribution is -2.23. The summed E-state index contributed by atoms with van der Waals surface area (Å²) in [7, 11) is -2.20. The average molecular weight is 229 g/mol. The Hall–Kier alpha value is -0.910. The molecule has 1 aromatic carbocycles. The molecule has 15 heavy (non-hydrogen) atoms. The van der Waals surface area contributed by atoms with Crippen LogP contribution in [0.5, 0.6) is 0 Å². The zero-order valence-electron chi connectivity index (χ0n) is 8.77. The summed E-state index contributed by atoms with van der Waals surface area (Å²) < 4.78 is 30.3. The van der Waals surface area contributed by atoms with Crippen molar-refractivity contribution in [3.8, 4) is 0 Å². The third kappa shape index (κ3) is 3.62. The molecule has 0 bridgehead atoms. The Labute approximate surface area is 90.1 Å². The number of benzene rings is 1. The maximum Gasteiger partial charge on any atom is 0.294 e. The number of rotatable bonds is 4. The van der Waals surface area contributed by atoms with Crippen molar-refractivity contribution in [1.29, 1.82) is 0 Å². The molecule has 0 aromatic heterocycles. The van der Waals surface area contributed by atoms with Crippen molar-refractivity contribution < 1.29 is 13.0 Å². The second-order valence-corrected chi connectivity index (χ2v) is 4.93. The number of nitrogens with one attached hydrogen (secondary N) is 1. The minimum atomic E-state index is -4.07. The second-order valence-electron chi connectivity index (χ2n) is 3.51. The van der Waals surface area contributed by atoms with Crippen LogP contribution in [0.15, 0.2) is 29.2 Å². The van der Waals surface area contributed by atoms with Crippen molar-refractivity contribution in [2.24, 2.45) is 0 Å². The maximum atomic E-state index is 10.8. The fourth-order valence-corrected chi connectivity index (χ4v) is 1.73. The zero-order chi connectivity index (χ0) is 11.5. The van der Waals surface area contributed by atoms with Crippen LogP contribution in [0.25, 0.3) is 0 Å². The third-order valence-electron chi connectivity index (χ3n) is 2.26. The number of hydrogen-bond donors (Lipinski definition) is 2. The van der Waals surface area contributed by atoms with E-state index in [0.717, 1.165) is 12.0 Å². The molecule has 0 fully saturated rings. The van der Waals surface area contributed by atoms with Gasteiger partial charge in [0.1, 0.15) is 0 Å². The normalized spacial score (nSPS) is 13.8. The number of likely N-dealkylation sites (N-methyl/N-ethyl adjacent to an activating group) is 1. The van der Waals surface area contributed by atoms with Crippen molar-refractivity contribution in [3.05, 3.63) is 29.8 Å². The van der Waals surface area contributed by atoms with Crippen molar-refractivity contribution in [2.45, 2.75) is 24.3 Å². The molecule has 1 rings (SSSR count). The number of hydrogen-bond acceptors (Lipinski definition) is 3. The summed E-state index contributed by atoms with van der Waals surface area (Å²) in [5.41, 5.74) is 1.03. The Bertz CT molecular complexity index is 411. The largest absolute Gasteiger partial charge is 0.317 e. The van der Waals surface area contributed by atoms with Crippen molar-refractivity contribution in [3.63, 3.8) is 0 Å². The van der Waals surface area contributed by atoms with Crippen LogP contribution in [-0.2, 0) is 16.5 Å². The van der Waals surface area contributed by atoms with Gasteiger partial charge in [0.25, 0.3) is 10.1 Å². The lowest BCUT2D eigenvalue weighted by atomic mass is 10.1. The smallest absolute Gasteiger partial charge is 0.294 e. The minimum Gasteiger partial charge on any atom is -0.317 e. The first kappa shape index (κ1) is 12.2. The van der Waals surface area contributed by atoms with Gasteiger partial charge in [0, 0.05) is 6.04 Å². The lowest BCUT2D eigenvalue weighted by molar-refractivity contribution is 0.483. The van der Waals surface area contributed by atoms with Crippen molar-refractivity contribution in [1.82, 2.24) is 5.32 Å². The highest BCUT2D eigenvalue weighted by Gasteiger charge is 2.08. The minimum absolute atomic E-state index is 0.0663. The van der Waals surface area contributed by atoms with E-state index in [1.807, 2.05) is 14.0 Å². The van der Waals surface area contributed by atoms with E-state index < -0.39 is 10.1 Å². The van der Waals surface area contributed by atoms with E-state index >= 15 is 0 Å². The molecule has 1 unspecified atom stereocenters. The summed E-state index contributed by atoms with van der Waals surface area (Å²) in [6.07, 6.45) is 0.822. The van der Waals surface area contributed by atoms with Crippen LogP contribution >= 0.6 is 0 Å². The molecular formula is C10H15NO3S. The van der Waals surface area contributed by atoms with Crippen LogP contribution in [0.2, 0.25) is 0 Å². The monoisotopic (exact) mass is 229 g/mol. The Balaban J connectivity index is 2.82. The quantitative estimate of drug-likeness (QED) is 0.758. The first-order valence-electron chi connectivity index (χ1n) is 4.67. The molecule has 0 aliphatic rings. The topological polar surface area (TPSA) is 66.4 Å². The second kappa shape index (κ2) is 4.74. The average Bonchev–Trinajstić information content (AvgIpc) is 2.17. The molecule has 0 radical (unpaired) electrons. The van der Waals surface area contributed by atoms with Gasteiger partial charge in [-0.15, -0.1) is 0 Å². The Morgan fingerprint density at radius 1 is 1.33 bits per heavy atom. The van der Waals surface area contributed by atoms with Crippen LogP contribution in [0, 0.1) is 0 Å². The van der Waals surface area contributed by atoms with Gasteiger partial charge in [-0.2, -0.15) is 8.42 Å². The molecule has 0 aliphatic heterocycles. The molecule has 0 saturated carbocycles. The van der Waals surface area contributed by atoms with E-state index in [-0.39, 0.29) is 4.90 Å². The molecule has 0 aliphatic carbocycles. The molecule has 0 heterocycles. The fraction of sp³-hybridized carbons (Fsp3) is 0.400. The van der Waals surface area contributed by atoms with Crippen LogP contribution in [0.4, 0.5) is 0 Å². The van der Waals surface area contributed by atoms with E-state index in [2.05, 4.69) is 5.32 Å². The Morgan fingerprint density at radius 3 is 2.27 bits per heavy atom. The van der Waals surface area contributed by atoms with Gasteiger partial charge in [-0.05, 0) is 38.1 Å². The standard InChI is InChI=1S/C10H15NO3S/c1-8(11-2)7-9-3-5-10(6-4-9)15(12,13)14/h3-6,8,11H,7H2,1-2H3,(H,12,13,14). The molecule has 0 spiro atoms. The van der Waals surface area contributed by atoms with E-state index in [9.17, 15) is 8.42 Å². The van der Waals surface area contributed by atoms with E-state index in [0.29, 0.717) is 6.04 Å². The van der Waals surface area contributed by atoms with E-state index in [4.69, 9.17) is 4.55 Å². The van der Waals surface area contributed by atoms with Gasteiger partial charge >= 0.3 is 0 Å². The van der Waals surface area contributed by atoms with E-state index in [1.165, 1.54) is 12.1 Å². The molecule has 5 heteroatoms. The third-order valence-corrected chi connectivity index (χ3v) is 3.12. The predicted octanol–water partition coefficient (Wildman–Crippen LogP) is 1.08. The molecule has 4 nitrogen and oxygen atoms in total. The summed E-state index contributed by atoms with van der Waals surface area (Å²) in [6.45, 7) is 2.04. The summed E-state index contributed by atoms with van der Waals surface area (Å²) >= 11 is 0. The summed E-state index contributed by atoms with van der Waals surface area (Å²) in [4.78, 5) is -0.0663. The van der Waals surface area contributed by atoms with E-state index in [1.54, 1.807) is 12.1 Å². The molecule has 0 saturated heterocycles. The molecule has 1 aromatic rings. The highest BCUT2D eigenvalue weighted by atomic mass is 32.2. The van der Waals surface area contributed by atoms with Crippen LogP contribution in [0.3, 0.4) is 0 Å². The molecular weight excluding hydrogens is 214 g/mol. The highest BCUT2D eigenvalue weighted by molar-refractivity contribution is 7.85. The Morgan fingerprint density at radius 2 is 1.87 bits per heavy atom. The molecule has 1 atom stereocenters. The Kier molecular flexibility index (Phi) is 3.84. The molecule has 84 valence electrons. The van der Waals surface area contributed by atoms with Gasteiger partial charge in [0.05, 0.1) is 4.90 Å². The first-order chi connectivity index (χ1) is 6.93. The van der Waals surface area contributed by atoms with Gasteiger partial charge in [-0.1, -0.05) is 12.1 Å². The maximum absolute atomic E-state index is 10.8. The first-order valence-corrected chi connectivity index (χ1v) is 6.11. The highest BCUT2D eigenvalue weighted by Crippen LogP contribution is 2.11. The van der Waals surface area contributed by atoms with Crippen LogP contribution in [0.1, 0.15) is 12.5 Å². The van der Waals surface area contributed by atoms with Gasteiger partial charge in [-0.25, -0.2) is 0 Å². The van der Waals surface area contributed by atoms with Gasteiger partial charge in [-0.3, -0.25) is 4.55 Å². The fourth-order valence-electron chi connectivity index (χ4n) is 1.25. The summed E-state index contributed by atoms with van der Waals surface area (Å²) in [5.74, 6) is 0. The summed E-state index contributed by atoms with van der Waals surface area (Å²) in [5, 5.41) is 3.09. The zero-order valence-corrected chi connectivity index (χ0v) is 9.58. The lowest BCUT2D eigenvalue weighted by Gasteiger charge is -2.09. The van der Waals surface area contributed by atoms with Gasteiger partial charge in [0.2, 0.25) is 0 Å². The SMILES string of the molecule is CNC(C)Cc1ccc(S(=O)(=O)O)cc1.